The summed E-state index contributed by atoms with van der Waals surface area (Å²) in [7, 11) is 0. The van der Waals surface area contributed by atoms with Gasteiger partial charge in [0.05, 0.1) is 18.2 Å². The molecule has 0 saturated carbocycles. The zero-order valence-corrected chi connectivity index (χ0v) is 19.7. The van der Waals surface area contributed by atoms with Crippen molar-refractivity contribution >= 4 is 17.6 Å². The molecule has 1 atom stereocenters. The van der Waals surface area contributed by atoms with Crippen LogP contribution in [0.3, 0.4) is 0 Å². The van der Waals surface area contributed by atoms with Crippen molar-refractivity contribution in [2.75, 3.05) is 45.9 Å². The van der Waals surface area contributed by atoms with Crippen LogP contribution in [0.4, 0.5) is 4.79 Å². The molecule has 0 bridgehead atoms. The number of rotatable bonds is 5. The fourth-order valence-corrected chi connectivity index (χ4v) is 5.16. The van der Waals surface area contributed by atoms with Gasteiger partial charge in [-0.2, -0.15) is 0 Å². The Kier molecular flexibility index (Phi) is 6.74. The fraction of sp³-hybridized carbons (Fsp3) is 0.407. The molecule has 2 aromatic rings. The van der Waals surface area contributed by atoms with E-state index in [-0.39, 0.29) is 12.5 Å². The third kappa shape index (κ3) is 5.18. The molecular formula is C27H31N3O5. The van der Waals surface area contributed by atoms with Gasteiger partial charge in [-0.05, 0) is 47.2 Å². The summed E-state index contributed by atoms with van der Waals surface area (Å²) in [4.78, 5) is 29.7. The van der Waals surface area contributed by atoms with Gasteiger partial charge < -0.3 is 24.7 Å². The lowest BCUT2D eigenvalue weighted by Crippen LogP contribution is -2.44. The molecule has 3 heterocycles. The summed E-state index contributed by atoms with van der Waals surface area (Å²) in [5.74, 6) is 0.403. The van der Waals surface area contributed by atoms with Crippen molar-refractivity contribution in [3.05, 3.63) is 70.8 Å². The molecule has 1 unspecified atom stereocenters. The summed E-state index contributed by atoms with van der Waals surface area (Å²) in [6, 6.07) is 14.0. The summed E-state index contributed by atoms with van der Waals surface area (Å²) in [5.41, 5.74) is 5.17. The lowest BCUT2D eigenvalue weighted by atomic mass is 9.97. The molecule has 0 spiro atoms. The molecule has 2 N–H and O–H groups in total. The number of carboxylic acid groups (broad SMARTS) is 1. The van der Waals surface area contributed by atoms with Crippen LogP contribution in [0.5, 0.6) is 5.75 Å². The highest BCUT2D eigenvalue weighted by Gasteiger charge is 2.27. The zero-order chi connectivity index (χ0) is 24.4. The maximum atomic E-state index is 13.3. The van der Waals surface area contributed by atoms with E-state index in [1.807, 2.05) is 24.3 Å². The second-order valence-electron chi connectivity index (χ2n) is 9.43. The number of aliphatic hydroxyl groups is 1. The van der Waals surface area contributed by atoms with Crippen molar-refractivity contribution in [1.29, 1.82) is 0 Å². The van der Waals surface area contributed by atoms with Crippen LogP contribution in [0.15, 0.2) is 48.5 Å². The quantitative estimate of drug-likeness (QED) is 0.688. The zero-order valence-electron chi connectivity index (χ0n) is 19.7. The standard InChI is InChI=1S/C27H31N3O5/c31-23(17-28-10-7-19-3-1-2-4-22(19)16-28)18-30-13-14-35-25-15-21(5-6-24(25)26(30)32)20-8-11-29(12-9-20)27(33)34/h1-6,8,15,23,31H,7,9-14,16-18H2,(H,33,34). The van der Waals surface area contributed by atoms with E-state index in [0.717, 1.165) is 30.6 Å². The van der Waals surface area contributed by atoms with Gasteiger partial charge in [-0.25, -0.2) is 4.79 Å². The number of ether oxygens (including phenoxy) is 1. The maximum Gasteiger partial charge on any atom is 0.407 e. The number of amides is 2. The summed E-state index contributed by atoms with van der Waals surface area (Å²) in [6.07, 6.45) is 1.95. The Morgan fingerprint density at radius 2 is 1.86 bits per heavy atom. The summed E-state index contributed by atoms with van der Waals surface area (Å²) in [5, 5.41) is 20.0. The largest absolute Gasteiger partial charge is 0.491 e. The lowest BCUT2D eigenvalue weighted by Gasteiger charge is -2.32. The second-order valence-corrected chi connectivity index (χ2v) is 9.43. The molecule has 8 nitrogen and oxygen atoms in total. The van der Waals surface area contributed by atoms with Crippen LogP contribution in [0.1, 0.15) is 33.5 Å². The molecule has 0 saturated heterocycles. The predicted octanol–water partition coefficient (Wildman–Crippen LogP) is 2.71. The molecule has 5 rings (SSSR count). The average Bonchev–Trinajstić information content (AvgIpc) is 3.02. The van der Waals surface area contributed by atoms with Gasteiger partial charge in [0.2, 0.25) is 0 Å². The smallest absolute Gasteiger partial charge is 0.407 e. The summed E-state index contributed by atoms with van der Waals surface area (Å²) >= 11 is 0. The Morgan fingerprint density at radius 3 is 2.63 bits per heavy atom. The van der Waals surface area contributed by atoms with E-state index in [2.05, 4.69) is 23.1 Å². The minimum atomic E-state index is -0.913. The van der Waals surface area contributed by atoms with Crippen LogP contribution in [0, 0.1) is 0 Å². The normalized spacial score (nSPS) is 19.2. The predicted molar refractivity (Wildman–Crippen MR) is 131 cm³/mol. The lowest BCUT2D eigenvalue weighted by molar-refractivity contribution is 0.0501. The number of fused-ring (bicyclic) bond motifs is 2. The van der Waals surface area contributed by atoms with Gasteiger partial charge in [0.1, 0.15) is 12.4 Å². The molecular weight excluding hydrogens is 446 g/mol. The molecule has 3 aliphatic heterocycles. The van der Waals surface area contributed by atoms with Crippen molar-refractivity contribution in [1.82, 2.24) is 14.7 Å². The SMILES string of the molecule is O=C(O)N1CC=C(c2ccc3c(c2)OCCN(CC(O)CN2CCc4ccccc4C2)C3=O)CC1. The highest BCUT2D eigenvalue weighted by molar-refractivity contribution is 5.97. The van der Waals surface area contributed by atoms with E-state index in [1.165, 1.54) is 16.0 Å². The molecule has 3 aliphatic rings. The van der Waals surface area contributed by atoms with Gasteiger partial charge in [-0.1, -0.05) is 36.4 Å². The van der Waals surface area contributed by atoms with Gasteiger partial charge in [0, 0.05) is 39.3 Å². The number of carbonyl (C=O) groups is 2. The molecule has 0 aromatic heterocycles. The van der Waals surface area contributed by atoms with Gasteiger partial charge in [-0.15, -0.1) is 0 Å². The van der Waals surface area contributed by atoms with E-state index in [1.54, 1.807) is 11.0 Å². The topological polar surface area (TPSA) is 93.5 Å². The molecule has 35 heavy (non-hydrogen) atoms. The Labute approximate surface area is 205 Å². The van der Waals surface area contributed by atoms with Crippen LogP contribution in [0.25, 0.3) is 5.57 Å². The van der Waals surface area contributed by atoms with E-state index in [4.69, 9.17) is 9.84 Å². The molecule has 0 radical (unpaired) electrons. The number of hydrogen-bond acceptors (Lipinski definition) is 5. The van der Waals surface area contributed by atoms with Gasteiger partial charge in [0.25, 0.3) is 5.91 Å². The van der Waals surface area contributed by atoms with E-state index < -0.39 is 12.2 Å². The van der Waals surface area contributed by atoms with Crippen molar-refractivity contribution < 1.29 is 24.5 Å². The van der Waals surface area contributed by atoms with Gasteiger partial charge >= 0.3 is 6.09 Å². The van der Waals surface area contributed by atoms with Crippen molar-refractivity contribution in [3.63, 3.8) is 0 Å². The van der Waals surface area contributed by atoms with Crippen LogP contribution in [0.2, 0.25) is 0 Å². The molecule has 0 fully saturated rings. The monoisotopic (exact) mass is 477 g/mol. The average molecular weight is 478 g/mol. The number of aliphatic hydroxyl groups excluding tert-OH is 1. The van der Waals surface area contributed by atoms with E-state index in [9.17, 15) is 14.7 Å². The van der Waals surface area contributed by atoms with Gasteiger partial charge in [-0.3, -0.25) is 9.69 Å². The number of hydrogen-bond donors (Lipinski definition) is 2. The van der Waals surface area contributed by atoms with Gasteiger partial charge in [0.15, 0.2) is 0 Å². The highest BCUT2D eigenvalue weighted by atomic mass is 16.5. The van der Waals surface area contributed by atoms with Crippen LogP contribution >= 0.6 is 0 Å². The van der Waals surface area contributed by atoms with Crippen molar-refractivity contribution in [2.45, 2.75) is 25.5 Å². The summed E-state index contributed by atoms with van der Waals surface area (Å²) < 4.78 is 5.92. The van der Waals surface area contributed by atoms with Crippen LogP contribution in [-0.4, -0.2) is 88.9 Å². The minimum absolute atomic E-state index is 0.137. The van der Waals surface area contributed by atoms with Crippen molar-refractivity contribution in [2.24, 2.45) is 0 Å². The molecule has 0 aliphatic carbocycles. The third-order valence-electron chi connectivity index (χ3n) is 7.08. The number of benzene rings is 2. The Morgan fingerprint density at radius 1 is 1.03 bits per heavy atom. The Hall–Kier alpha value is -3.36. The van der Waals surface area contributed by atoms with Crippen LogP contribution in [-0.2, 0) is 13.0 Å². The maximum absolute atomic E-state index is 13.3. The third-order valence-corrected chi connectivity index (χ3v) is 7.08. The second kappa shape index (κ2) is 10.1. The first-order valence-electron chi connectivity index (χ1n) is 12.2. The first-order chi connectivity index (χ1) is 17.0. The summed E-state index contributed by atoms with van der Waals surface area (Å²) in [6.45, 7) is 4.08. The van der Waals surface area contributed by atoms with Crippen LogP contribution < -0.4 is 4.74 Å². The number of carbonyl (C=O) groups excluding carboxylic acids is 1. The Bertz CT molecular complexity index is 1150. The first-order valence-corrected chi connectivity index (χ1v) is 12.2. The molecule has 2 amide bonds. The van der Waals surface area contributed by atoms with E-state index in [0.29, 0.717) is 50.5 Å². The fourth-order valence-electron chi connectivity index (χ4n) is 5.16. The molecule has 2 aromatic carbocycles. The number of β-amino-alcohol motifs (C(OH)–C–C–N with tert-alkyl or cyclic N) is 1. The van der Waals surface area contributed by atoms with E-state index >= 15 is 0 Å². The molecule has 8 heteroatoms. The number of nitrogens with zero attached hydrogens (tertiary/aromatic N) is 3. The van der Waals surface area contributed by atoms with Crippen molar-refractivity contribution in [3.8, 4) is 5.75 Å². The highest BCUT2D eigenvalue weighted by Crippen LogP contribution is 2.30. The molecule has 184 valence electrons. The Balaban J connectivity index is 1.22. The minimum Gasteiger partial charge on any atom is -0.491 e. The first kappa shape index (κ1) is 23.4.